The molecule has 1 aromatic heterocycles. The van der Waals surface area contributed by atoms with E-state index in [1.165, 1.54) is 4.90 Å². The van der Waals surface area contributed by atoms with Gasteiger partial charge in [-0.1, -0.05) is 47.8 Å². The van der Waals surface area contributed by atoms with Crippen LogP contribution in [0.3, 0.4) is 0 Å². The molecule has 180 valence electrons. The standard InChI is InChI=1S/C26H26N4O5/c1-16-6-8-17(9-7-16)13-30-25(31)19-4-2-3-5-20(19)29(26(30)32)14-23-27-24(28-35-23)18-10-11-21-22(12-18)34-15-33-21/h6-12,19-20H,2-5,13-15H2,1H3. The lowest BCUT2D eigenvalue weighted by Crippen LogP contribution is -2.61. The van der Waals surface area contributed by atoms with E-state index in [0.717, 1.165) is 42.4 Å². The maximum atomic E-state index is 13.6. The summed E-state index contributed by atoms with van der Waals surface area (Å²) >= 11 is 0. The van der Waals surface area contributed by atoms with Gasteiger partial charge >= 0.3 is 6.03 Å². The van der Waals surface area contributed by atoms with Gasteiger partial charge in [0.25, 0.3) is 0 Å². The Morgan fingerprint density at radius 1 is 0.971 bits per heavy atom. The smallest absolute Gasteiger partial charge is 0.327 e. The molecule has 2 aliphatic heterocycles. The molecule has 0 radical (unpaired) electrons. The third kappa shape index (κ3) is 4.00. The van der Waals surface area contributed by atoms with Crippen LogP contribution in [0.1, 0.15) is 42.7 Å². The van der Waals surface area contributed by atoms with Crippen LogP contribution in [0.4, 0.5) is 4.79 Å². The number of carbonyl (C=O) groups excluding carboxylic acids is 2. The summed E-state index contributed by atoms with van der Waals surface area (Å²) in [6.45, 7) is 2.62. The number of ether oxygens (including phenoxy) is 2. The number of imide groups is 1. The highest BCUT2D eigenvalue weighted by Gasteiger charge is 2.47. The fourth-order valence-corrected chi connectivity index (χ4v) is 5.19. The molecule has 3 heterocycles. The molecule has 3 aliphatic rings. The van der Waals surface area contributed by atoms with Gasteiger partial charge in [-0.15, -0.1) is 0 Å². The van der Waals surface area contributed by atoms with Gasteiger partial charge in [0.2, 0.25) is 24.4 Å². The van der Waals surface area contributed by atoms with E-state index in [2.05, 4.69) is 10.1 Å². The largest absolute Gasteiger partial charge is 0.454 e. The first-order valence-corrected chi connectivity index (χ1v) is 12.0. The van der Waals surface area contributed by atoms with E-state index in [9.17, 15) is 9.59 Å². The number of hydrogen-bond acceptors (Lipinski definition) is 7. The van der Waals surface area contributed by atoms with Crippen LogP contribution in [-0.2, 0) is 17.9 Å². The first-order valence-electron chi connectivity index (χ1n) is 12.0. The minimum Gasteiger partial charge on any atom is -0.454 e. The van der Waals surface area contributed by atoms with Gasteiger partial charge in [-0.05, 0) is 43.5 Å². The van der Waals surface area contributed by atoms with Gasteiger partial charge in [0.1, 0.15) is 6.54 Å². The average molecular weight is 475 g/mol. The van der Waals surface area contributed by atoms with Gasteiger partial charge in [-0.25, -0.2) is 4.79 Å². The number of benzene rings is 2. The monoisotopic (exact) mass is 474 g/mol. The Kier molecular flexibility index (Phi) is 5.39. The molecule has 3 aromatic rings. The van der Waals surface area contributed by atoms with Crippen molar-refractivity contribution < 1.29 is 23.6 Å². The van der Waals surface area contributed by atoms with E-state index in [4.69, 9.17) is 14.0 Å². The van der Waals surface area contributed by atoms with Crippen LogP contribution in [-0.4, -0.2) is 44.7 Å². The highest BCUT2D eigenvalue weighted by Crippen LogP contribution is 2.37. The van der Waals surface area contributed by atoms with Crippen molar-refractivity contribution in [2.45, 2.75) is 51.7 Å². The second kappa shape index (κ2) is 8.72. The van der Waals surface area contributed by atoms with E-state index in [-0.39, 0.29) is 43.8 Å². The highest BCUT2D eigenvalue weighted by molar-refractivity contribution is 5.98. The third-order valence-corrected chi connectivity index (χ3v) is 7.06. The number of rotatable bonds is 5. The van der Waals surface area contributed by atoms with Crippen LogP contribution in [0, 0.1) is 12.8 Å². The van der Waals surface area contributed by atoms with E-state index in [1.54, 1.807) is 4.90 Å². The molecule has 6 rings (SSSR count). The summed E-state index contributed by atoms with van der Waals surface area (Å²) in [4.78, 5) is 34.6. The number of hydrogen-bond donors (Lipinski definition) is 0. The summed E-state index contributed by atoms with van der Waals surface area (Å²) in [6.07, 6.45) is 3.55. The lowest BCUT2D eigenvalue weighted by Gasteiger charge is -2.46. The Morgan fingerprint density at radius 3 is 2.63 bits per heavy atom. The Balaban J connectivity index is 1.25. The third-order valence-electron chi connectivity index (χ3n) is 7.06. The topological polar surface area (TPSA) is 98.0 Å². The summed E-state index contributed by atoms with van der Waals surface area (Å²) in [5.41, 5.74) is 2.80. The minimum absolute atomic E-state index is 0.0805. The van der Waals surface area contributed by atoms with E-state index in [0.29, 0.717) is 23.2 Å². The number of fused-ring (bicyclic) bond motifs is 2. The van der Waals surface area contributed by atoms with Crippen LogP contribution in [0.15, 0.2) is 47.0 Å². The van der Waals surface area contributed by atoms with Crippen molar-refractivity contribution in [3.63, 3.8) is 0 Å². The molecule has 3 amide bonds. The fraction of sp³-hybridized carbons (Fsp3) is 0.385. The van der Waals surface area contributed by atoms with Gasteiger partial charge in [0.05, 0.1) is 12.5 Å². The Bertz CT molecular complexity index is 1270. The molecule has 35 heavy (non-hydrogen) atoms. The molecule has 9 nitrogen and oxygen atoms in total. The van der Waals surface area contributed by atoms with Gasteiger partial charge in [-0.3, -0.25) is 9.69 Å². The molecule has 1 aliphatic carbocycles. The zero-order chi connectivity index (χ0) is 23.9. The quantitative estimate of drug-likeness (QED) is 0.544. The second-order valence-corrected chi connectivity index (χ2v) is 9.36. The predicted octanol–water partition coefficient (Wildman–Crippen LogP) is 4.30. The van der Waals surface area contributed by atoms with Crippen LogP contribution in [0.2, 0.25) is 0 Å². The SMILES string of the molecule is Cc1ccc(CN2C(=O)C3CCCCC3N(Cc3nc(-c4ccc5c(c4)OCO5)no3)C2=O)cc1. The lowest BCUT2D eigenvalue weighted by atomic mass is 9.81. The van der Waals surface area contributed by atoms with Crippen molar-refractivity contribution in [2.24, 2.45) is 5.92 Å². The fourth-order valence-electron chi connectivity index (χ4n) is 5.19. The van der Waals surface area contributed by atoms with Crippen molar-refractivity contribution in [3.8, 4) is 22.9 Å². The average Bonchev–Trinajstić information content (AvgIpc) is 3.54. The molecule has 2 aromatic carbocycles. The number of nitrogens with zero attached hydrogens (tertiary/aromatic N) is 4. The number of carbonyl (C=O) groups is 2. The van der Waals surface area contributed by atoms with Crippen molar-refractivity contribution in [1.82, 2.24) is 19.9 Å². The lowest BCUT2D eigenvalue weighted by molar-refractivity contribution is -0.141. The summed E-state index contributed by atoms with van der Waals surface area (Å²) in [6, 6.07) is 12.9. The molecule has 1 saturated heterocycles. The molecular formula is C26H26N4O5. The van der Waals surface area contributed by atoms with Crippen LogP contribution in [0.25, 0.3) is 11.4 Å². The first-order chi connectivity index (χ1) is 17.1. The zero-order valence-corrected chi connectivity index (χ0v) is 19.5. The van der Waals surface area contributed by atoms with Gasteiger partial charge in [0.15, 0.2) is 11.5 Å². The molecule has 1 saturated carbocycles. The first kappa shape index (κ1) is 21.6. The van der Waals surface area contributed by atoms with Gasteiger partial charge in [0, 0.05) is 11.6 Å². The summed E-state index contributed by atoms with van der Waals surface area (Å²) < 4.78 is 16.3. The van der Waals surface area contributed by atoms with E-state index < -0.39 is 0 Å². The Hall–Kier alpha value is -3.88. The van der Waals surface area contributed by atoms with E-state index >= 15 is 0 Å². The number of urea groups is 1. The maximum Gasteiger partial charge on any atom is 0.327 e. The van der Waals surface area contributed by atoms with Crippen LogP contribution < -0.4 is 9.47 Å². The zero-order valence-electron chi connectivity index (χ0n) is 19.5. The van der Waals surface area contributed by atoms with Crippen molar-refractivity contribution in [3.05, 3.63) is 59.5 Å². The Labute approximate surface area is 202 Å². The molecule has 2 unspecified atom stereocenters. The molecular weight excluding hydrogens is 448 g/mol. The molecule has 2 fully saturated rings. The van der Waals surface area contributed by atoms with Crippen LogP contribution in [0.5, 0.6) is 11.5 Å². The van der Waals surface area contributed by atoms with Crippen LogP contribution >= 0.6 is 0 Å². The van der Waals surface area contributed by atoms with Crippen molar-refractivity contribution in [2.75, 3.05) is 6.79 Å². The molecule has 0 bridgehead atoms. The highest BCUT2D eigenvalue weighted by atomic mass is 16.7. The van der Waals surface area contributed by atoms with Crippen molar-refractivity contribution >= 4 is 11.9 Å². The molecule has 0 spiro atoms. The Morgan fingerprint density at radius 2 is 1.77 bits per heavy atom. The summed E-state index contributed by atoms with van der Waals surface area (Å²) in [5.74, 6) is 1.77. The maximum absolute atomic E-state index is 13.6. The van der Waals surface area contributed by atoms with E-state index in [1.807, 2.05) is 49.4 Å². The van der Waals surface area contributed by atoms with Gasteiger partial charge in [-0.2, -0.15) is 4.98 Å². The number of aryl methyl sites for hydroxylation is 1. The normalized spacial score (nSPS) is 21.4. The molecule has 0 N–H and O–H groups in total. The number of amides is 3. The van der Waals surface area contributed by atoms with Gasteiger partial charge < -0.3 is 18.9 Å². The minimum atomic E-state index is -0.304. The second-order valence-electron chi connectivity index (χ2n) is 9.36. The van der Waals surface area contributed by atoms with Crippen molar-refractivity contribution in [1.29, 1.82) is 0 Å². The summed E-state index contributed by atoms with van der Waals surface area (Å²) in [5, 5.41) is 4.12. The summed E-state index contributed by atoms with van der Waals surface area (Å²) in [7, 11) is 0. The predicted molar refractivity (Wildman–Crippen MR) is 124 cm³/mol. The molecule has 2 atom stereocenters. The number of aromatic nitrogens is 2. The molecule has 9 heteroatoms.